The third-order valence-electron chi connectivity index (χ3n) is 3.54. The number of halogens is 5. The molecule has 1 fully saturated rings. The molecule has 1 heterocycles. The van der Waals surface area contributed by atoms with Crippen molar-refractivity contribution in [1.82, 2.24) is 10.2 Å². The second kappa shape index (κ2) is 6.27. The van der Waals surface area contributed by atoms with Crippen molar-refractivity contribution < 1.29 is 22.0 Å². The highest BCUT2D eigenvalue weighted by Crippen LogP contribution is 2.45. The zero-order valence-corrected chi connectivity index (χ0v) is 11.4. The molecule has 0 unspecified atom stereocenters. The Morgan fingerprint density at radius 2 is 1.71 bits per heavy atom. The van der Waals surface area contributed by atoms with E-state index in [2.05, 4.69) is 5.32 Å². The lowest BCUT2D eigenvalue weighted by atomic mass is 10.0. The van der Waals surface area contributed by atoms with E-state index in [1.807, 2.05) is 4.90 Å². The Morgan fingerprint density at radius 1 is 1.00 bits per heavy atom. The minimum atomic E-state index is -5.58. The molecule has 0 radical (unpaired) electrons. The fourth-order valence-electron chi connectivity index (χ4n) is 2.42. The molecular weight excluding hydrogens is 291 g/mol. The first-order valence-electron chi connectivity index (χ1n) is 6.78. The number of benzene rings is 1. The maximum Gasteiger partial charge on any atom is 0.458 e. The van der Waals surface area contributed by atoms with Gasteiger partial charge in [0.1, 0.15) is 0 Å². The summed E-state index contributed by atoms with van der Waals surface area (Å²) in [7, 11) is 0. The van der Waals surface area contributed by atoms with Crippen LogP contribution in [0.5, 0.6) is 0 Å². The maximum absolute atomic E-state index is 13.6. The Bertz CT molecular complexity index is 465. The Kier molecular flexibility index (Phi) is 4.83. The number of rotatable bonds is 3. The van der Waals surface area contributed by atoms with Crippen LogP contribution in [0.25, 0.3) is 0 Å². The first kappa shape index (κ1) is 16.2. The van der Waals surface area contributed by atoms with Gasteiger partial charge in [-0.25, -0.2) is 0 Å². The molecule has 2 nitrogen and oxygen atoms in total. The van der Waals surface area contributed by atoms with Gasteiger partial charge in [-0.15, -0.1) is 0 Å². The molecule has 2 rings (SSSR count). The molecule has 1 aliphatic heterocycles. The molecule has 0 aromatic heterocycles. The summed E-state index contributed by atoms with van der Waals surface area (Å²) in [5.41, 5.74) is -0.920. The van der Waals surface area contributed by atoms with Crippen LogP contribution in [0.1, 0.15) is 17.5 Å². The normalized spacial score (nSPS) is 18.5. The highest BCUT2D eigenvalue weighted by Gasteiger charge is 2.59. The second-order valence-corrected chi connectivity index (χ2v) is 5.11. The van der Waals surface area contributed by atoms with Gasteiger partial charge in [-0.2, -0.15) is 22.0 Å². The van der Waals surface area contributed by atoms with Crippen molar-refractivity contribution in [3.8, 4) is 0 Å². The number of nitrogens with one attached hydrogen (secondary N) is 1. The fourth-order valence-corrected chi connectivity index (χ4v) is 2.42. The zero-order chi connectivity index (χ0) is 15.5. The van der Waals surface area contributed by atoms with E-state index in [4.69, 9.17) is 0 Å². The molecule has 0 amide bonds. The van der Waals surface area contributed by atoms with Crippen LogP contribution >= 0.6 is 0 Å². The van der Waals surface area contributed by atoms with Crippen molar-refractivity contribution in [3.63, 3.8) is 0 Å². The van der Waals surface area contributed by atoms with Crippen molar-refractivity contribution in [3.05, 3.63) is 35.4 Å². The summed E-state index contributed by atoms with van der Waals surface area (Å²) in [6, 6.07) is 4.90. The molecule has 1 aliphatic rings. The summed E-state index contributed by atoms with van der Waals surface area (Å²) in [5, 5.41) is 3.16. The molecule has 1 aromatic carbocycles. The van der Waals surface area contributed by atoms with Crippen LogP contribution in [0.4, 0.5) is 22.0 Å². The predicted molar refractivity (Wildman–Crippen MR) is 69.2 cm³/mol. The minimum absolute atomic E-state index is 0.0294. The smallest absolute Gasteiger partial charge is 0.315 e. The van der Waals surface area contributed by atoms with Crippen LogP contribution in [0.15, 0.2) is 24.3 Å². The summed E-state index contributed by atoms with van der Waals surface area (Å²) < 4.78 is 64.9. The van der Waals surface area contributed by atoms with E-state index in [9.17, 15) is 22.0 Å². The topological polar surface area (TPSA) is 15.3 Å². The van der Waals surface area contributed by atoms with Gasteiger partial charge in [0, 0.05) is 25.2 Å². The van der Waals surface area contributed by atoms with Crippen molar-refractivity contribution in [2.24, 2.45) is 0 Å². The van der Waals surface area contributed by atoms with Crippen LogP contribution in [-0.4, -0.2) is 37.3 Å². The predicted octanol–water partition coefficient (Wildman–Crippen LogP) is 3.14. The largest absolute Gasteiger partial charge is 0.458 e. The van der Waals surface area contributed by atoms with Crippen LogP contribution in [0.2, 0.25) is 0 Å². The second-order valence-electron chi connectivity index (χ2n) is 5.11. The fraction of sp³-hybridized carbons (Fsp3) is 0.571. The molecule has 7 heteroatoms. The molecule has 1 N–H and O–H groups in total. The number of nitrogens with zero attached hydrogens (tertiary/aromatic N) is 1. The minimum Gasteiger partial charge on any atom is -0.315 e. The van der Waals surface area contributed by atoms with E-state index in [1.54, 1.807) is 0 Å². The van der Waals surface area contributed by atoms with E-state index < -0.39 is 17.7 Å². The summed E-state index contributed by atoms with van der Waals surface area (Å²) in [5.74, 6) is -4.83. The molecule has 0 atom stereocenters. The Morgan fingerprint density at radius 3 is 2.43 bits per heavy atom. The first-order valence-corrected chi connectivity index (χ1v) is 6.78. The first-order chi connectivity index (χ1) is 9.82. The number of hydrogen-bond donors (Lipinski definition) is 1. The number of hydrogen-bond acceptors (Lipinski definition) is 2. The Balaban J connectivity index is 2.24. The quantitative estimate of drug-likeness (QED) is 0.863. The van der Waals surface area contributed by atoms with Crippen molar-refractivity contribution in [2.45, 2.75) is 25.1 Å². The summed E-state index contributed by atoms with van der Waals surface area (Å²) >= 11 is 0. The zero-order valence-electron chi connectivity index (χ0n) is 11.4. The van der Waals surface area contributed by atoms with Gasteiger partial charge in [-0.05, 0) is 25.1 Å². The highest BCUT2D eigenvalue weighted by molar-refractivity contribution is 5.32. The lowest BCUT2D eigenvalue weighted by Crippen LogP contribution is -2.36. The van der Waals surface area contributed by atoms with Gasteiger partial charge >= 0.3 is 12.1 Å². The highest BCUT2D eigenvalue weighted by atomic mass is 19.4. The maximum atomic E-state index is 13.6. The van der Waals surface area contributed by atoms with E-state index >= 15 is 0 Å². The molecule has 0 spiro atoms. The summed E-state index contributed by atoms with van der Waals surface area (Å²) in [4.78, 5) is 1.89. The molecule has 1 saturated heterocycles. The van der Waals surface area contributed by atoms with Gasteiger partial charge in [-0.3, -0.25) is 4.90 Å². The van der Waals surface area contributed by atoms with Crippen LogP contribution in [0, 0.1) is 0 Å². The Labute approximate surface area is 119 Å². The lowest BCUT2D eigenvalue weighted by molar-refractivity contribution is -0.289. The van der Waals surface area contributed by atoms with Crippen LogP contribution in [0.3, 0.4) is 0 Å². The van der Waals surface area contributed by atoms with Crippen molar-refractivity contribution in [2.75, 3.05) is 26.2 Å². The van der Waals surface area contributed by atoms with Crippen LogP contribution < -0.4 is 5.32 Å². The average Bonchev–Trinajstić information content (AvgIpc) is 2.66. The van der Waals surface area contributed by atoms with Gasteiger partial charge in [0.2, 0.25) is 0 Å². The van der Waals surface area contributed by atoms with E-state index in [0.717, 1.165) is 19.0 Å². The molecule has 1 aromatic rings. The summed E-state index contributed by atoms with van der Waals surface area (Å²) in [6.07, 6.45) is -4.73. The summed E-state index contributed by atoms with van der Waals surface area (Å²) in [6.45, 7) is 2.95. The van der Waals surface area contributed by atoms with Crippen molar-refractivity contribution >= 4 is 0 Å². The van der Waals surface area contributed by atoms with Gasteiger partial charge in [0.15, 0.2) is 0 Å². The standard InChI is InChI=1S/C14H17F5N2/c15-13(16,14(17,18)19)12-5-2-1-4-11(12)10-21-8-3-6-20-7-9-21/h1-2,4-5,20H,3,6-10H2. The average molecular weight is 308 g/mol. The molecule has 21 heavy (non-hydrogen) atoms. The van der Waals surface area contributed by atoms with E-state index in [1.165, 1.54) is 18.2 Å². The van der Waals surface area contributed by atoms with E-state index in [-0.39, 0.29) is 12.1 Å². The molecule has 118 valence electrons. The van der Waals surface area contributed by atoms with Gasteiger partial charge in [-0.1, -0.05) is 24.3 Å². The third kappa shape index (κ3) is 3.71. The number of alkyl halides is 5. The molecular formula is C14H17F5N2. The Hall–Kier alpha value is -1.21. The van der Waals surface area contributed by atoms with Gasteiger partial charge < -0.3 is 5.32 Å². The van der Waals surface area contributed by atoms with Crippen molar-refractivity contribution in [1.29, 1.82) is 0 Å². The molecule has 0 bridgehead atoms. The molecule has 0 saturated carbocycles. The monoisotopic (exact) mass is 308 g/mol. The van der Waals surface area contributed by atoms with Gasteiger partial charge in [0.05, 0.1) is 0 Å². The van der Waals surface area contributed by atoms with Gasteiger partial charge in [0.25, 0.3) is 0 Å². The SMILES string of the molecule is FC(F)(F)C(F)(F)c1ccccc1CN1CCCNCC1. The van der Waals surface area contributed by atoms with Crippen LogP contribution in [-0.2, 0) is 12.5 Å². The lowest BCUT2D eigenvalue weighted by Gasteiger charge is -2.25. The third-order valence-corrected chi connectivity index (χ3v) is 3.54. The molecule has 0 aliphatic carbocycles. The van der Waals surface area contributed by atoms with E-state index in [0.29, 0.717) is 19.6 Å².